The van der Waals surface area contributed by atoms with Crippen molar-refractivity contribution in [2.45, 2.75) is 6.42 Å². The molecule has 0 spiro atoms. The van der Waals surface area contributed by atoms with Crippen molar-refractivity contribution in [1.82, 2.24) is 0 Å². The molecular formula is C12H16N2O2. The summed E-state index contributed by atoms with van der Waals surface area (Å²) in [7, 11) is 1.42. The van der Waals surface area contributed by atoms with Gasteiger partial charge in [-0.3, -0.25) is 4.79 Å². The molecule has 0 bridgehead atoms. The van der Waals surface area contributed by atoms with Crippen molar-refractivity contribution in [1.29, 1.82) is 0 Å². The van der Waals surface area contributed by atoms with Gasteiger partial charge in [-0.25, -0.2) is 0 Å². The largest absolute Gasteiger partial charge is 0.468 e. The molecule has 0 radical (unpaired) electrons. The Balaban J connectivity index is 2.22. The van der Waals surface area contributed by atoms with Crippen molar-refractivity contribution < 1.29 is 9.53 Å². The van der Waals surface area contributed by atoms with E-state index in [0.29, 0.717) is 6.54 Å². The Bertz CT molecular complexity index is 379. The van der Waals surface area contributed by atoms with E-state index >= 15 is 0 Å². The number of benzene rings is 1. The lowest BCUT2D eigenvalue weighted by atomic mass is 10.2. The Morgan fingerprint density at radius 2 is 2.31 bits per heavy atom. The molecule has 0 fully saturated rings. The smallest absolute Gasteiger partial charge is 0.325 e. The second-order valence-corrected chi connectivity index (χ2v) is 3.80. The van der Waals surface area contributed by atoms with E-state index in [1.807, 2.05) is 24.3 Å². The van der Waals surface area contributed by atoms with Crippen LogP contribution < -0.4 is 10.2 Å². The topological polar surface area (TPSA) is 41.6 Å². The van der Waals surface area contributed by atoms with Crippen LogP contribution >= 0.6 is 0 Å². The molecule has 1 aromatic rings. The van der Waals surface area contributed by atoms with Crippen LogP contribution in [0.2, 0.25) is 0 Å². The summed E-state index contributed by atoms with van der Waals surface area (Å²) in [6, 6.07) is 8.03. The Morgan fingerprint density at radius 3 is 3.12 bits per heavy atom. The van der Waals surface area contributed by atoms with E-state index in [2.05, 4.69) is 10.2 Å². The lowest BCUT2D eigenvalue weighted by Gasteiger charge is -2.22. The molecule has 2 rings (SSSR count). The molecule has 1 heterocycles. The first-order chi connectivity index (χ1) is 7.81. The van der Waals surface area contributed by atoms with Gasteiger partial charge in [-0.2, -0.15) is 0 Å². The van der Waals surface area contributed by atoms with Crippen molar-refractivity contribution in [3.63, 3.8) is 0 Å². The van der Waals surface area contributed by atoms with E-state index in [1.165, 1.54) is 7.11 Å². The number of hydrogen-bond acceptors (Lipinski definition) is 4. The number of ether oxygens (including phenoxy) is 1. The fourth-order valence-electron chi connectivity index (χ4n) is 1.90. The molecule has 4 heteroatoms. The van der Waals surface area contributed by atoms with E-state index in [4.69, 9.17) is 4.74 Å². The quantitative estimate of drug-likeness (QED) is 0.767. The normalized spacial score (nSPS) is 14.7. The van der Waals surface area contributed by atoms with Crippen LogP contribution in [-0.2, 0) is 9.53 Å². The standard InChI is InChI=1S/C12H16N2O2/c1-16-12(15)9-14-8-4-7-13-10-5-2-3-6-11(10)14/h2-3,5-6,13H,4,7-9H2,1H3. The van der Waals surface area contributed by atoms with Gasteiger partial charge < -0.3 is 15.0 Å². The molecule has 16 heavy (non-hydrogen) atoms. The minimum atomic E-state index is -0.197. The van der Waals surface area contributed by atoms with Crippen LogP contribution in [0.3, 0.4) is 0 Å². The lowest BCUT2D eigenvalue weighted by molar-refractivity contribution is -0.138. The highest BCUT2D eigenvalue weighted by molar-refractivity contribution is 5.79. The number of anilines is 2. The average Bonchev–Trinajstić information content (AvgIpc) is 2.52. The molecule has 0 aliphatic carbocycles. The first kappa shape index (κ1) is 10.8. The summed E-state index contributed by atoms with van der Waals surface area (Å²) in [6.45, 7) is 2.13. The predicted octanol–water partition coefficient (Wildman–Crippen LogP) is 1.48. The number of para-hydroxylation sites is 2. The van der Waals surface area contributed by atoms with Crippen LogP contribution in [-0.4, -0.2) is 32.7 Å². The fraction of sp³-hybridized carbons (Fsp3) is 0.417. The van der Waals surface area contributed by atoms with Gasteiger partial charge in [0.2, 0.25) is 0 Å². The third-order valence-corrected chi connectivity index (χ3v) is 2.71. The Hall–Kier alpha value is -1.71. The first-order valence-electron chi connectivity index (χ1n) is 5.46. The van der Waals surface area contributed by atoms with E-state index < -0.39 is 0 Å². The van der Waals surface area contributed by atoms with Gasteiger partial charge >= 0.3 is 5.97 Å². The zero-order valence-corrected chi connectivity index (χ0v) is 9.40. The summed E-state index contributed by atoms with van der Waals surface area (Å²) in [5.41, 5.74) is 2.16. The van der Waals surface area contributed by atoms with Crippen molar-refractivity contribution in [3.05, 3.63) is 24.3 Å². The molecule has 0 atom stereocenters. The van der Waals surface area contributed by atoms with Gasteiger partial charge in [0.1, 0.15) is 6.54 Å². The average molecular weight is 220 g/mol. The SMILES string of the molecule is COC(=O)CN1CCCNc2ccccc21. The lowest BCUT2D eigenvalue weighted by Crippen LogP contribution is -2.31. The molecule has 1 aliphatic rings. The minimum Gasteiger partial charge on any atom is -0.468 e. The molecule has 0 aromatic heterocycles. The Kier molecular flexibility index (Phi) is 3.29. The van der Waals surface area contributed by atoms with E-state index in [-0.39, 0.29) is 5.97 Å². The first-order valence-corrected chi connectivity index (χ1v) is 5.46. The molecule has 4 nitrogen and oxygen atoms in total. The predicted molar refractivity (Wildman–Crippen MR) is 63.8 cm³/mol. The summed E-state index contributed by atoms with van der Waals surface area (Å²) in [4.78, 5) is 13.4. The summed E-state index contributed by atoms with van der Waals surface area (Å²) in [5.74, 6) is -0.197. The third kappa shape index (κ3) is 2.27. The summed E-state index contributed by atoms with van der Waals surface area (Å²) >= 11 is 0. The second-order valence-electron chi connectivity index (χ2n) is 3.80. The van der Waals surface area contributed by atoms with Gasteiger partial charge in [-0.15, -0.1) is 0 Å². The van der Waals surface area contributed by atoms with E-state index in [1.54, 1.807) is 0 Å². The van der Waals surface area contributed by atoms with Crippen molar-refractivity contribution in [2.75, 3.05) is 37.0 Å². The van der Waals surface area contributed by atoms with Crippen LogP contribution in [0.4, 0.5) is 11.4 Å². The monoisotopic (exact) mass is 220 g/mol. The number of nitrogens with one attached hydrogen (secondary N) is 1. The Labute approximate surface area is 95.2 Å². The van der Waals surface area contributed by atoms with Gasteiger partial charge in [0, 0.05) is 13.1 Å². The molecule has 1 N–H and O–H groups in total. The minimum absolute atomic E-state index is 0.197. The van der Waals surface area contributed by atoms with Crippen molar-refractivity contribution >= 4 is 17.3 Å². The molecule has 1 aromatic carbocycles. The molecule has 0 unspecified atom stereocenters. The van der Waals surface area contributed by atoms with Crippen molar-refractivity contribution in [3.8, 4) is 0 Å². The maximum atomic E-state index is 11.3. The van der Waals surface area contributed by atoms with Gasteiger partial charge in [-0.1, -0.05) is 12.1 Å². The molecule has 0 saturated heterocycles. The number of methoxy groups -OCH3 is 1. The van der Waals surface area contributed by atoms with Crippen LogP contribution in [0.5, 0.6) is 0 Å². The van der Waals surface area contributed by atoms with Crippen LogP contribution in [0.1, 0.15) is 6.42 Å². The van der Waals surface area contributed by atoms with Gasteiger partial charge in [0.25, 0.3) is 0 Å². The molecule has 1 aliphatic heterocycles. The zero-order chi connectivity index (χ0) is 11.4. The van der Waals surface area contributed by atoms with Crippen LogP contribution in [0.25, 0.3) is 0 Å². The van der Waals surface area contributed by atoms with Gasteiger partial charge in [-0.05, 0) is 18.6 Å². The Morgan fingerprint density at radius 1 is 1.50 bits per heavy atom. The summed E-state index contributed by atoms with van der Waals surface area (Å²) in [6.07, 6.45) is 1.02. The maximum Gasteiger partial charge on any atom is 0.325 e. The number of fused-ring (bicyclic) bond motifs is 1. The number of carbonyl (C=O) groups is 1. The highest BCUT2D eigenvalue weighted by Gasteiger charge is 2.16. The van der Waals surface area contributed by atoms with Crippen LogP contribution in [0.15, 0.2) is 24.3 Å². The second kappa shape index (κ2) is 4.88. The number of carbonyl (C=O) groups excluding carboxylic acids is 1. The highest BCUT2D eigenvalue weighted by atomic mass is 16.5. The van der Waals surface area contributed by atoms with E-state index in [9.17, 15) is 4.79 Å². The van der Waals surface area contributed by atoms with Gasteiger partial charge in [0.15, 0.2) is 0 Å². The molecule has 86 valence electrons. The highest BCUT2D eigenvalue weighted by Crippen LogP contribution is 2.27. The molecular weight excluding hydrogens is 204 g/mol. The number of hydrogen-bond donors (Lipinski definition) is 1. The van der Waals surface area contributed by atoms with E-state index in [0.717, 1.165) is 30.9 Å². The number of rotatable bonds is 2. The third-order valence-electron chi connectivity index (χ3n) is 2.71. The zero-order valence-electron chi connectivity index (χ0n) is 9.40. The number of esters is 1. The summed E-state index contributed by atoms with van der Waals surface area (Å²) in [5, 5.41) is 3.35. The van der Waals surface area contributed by atoms with Gasteiger partial charge in [0.05, 0.1) is 18.5 Å². The van der Waals surface area contributed by atoms with Crippen LogP contribution in [0, 0.1) is 0 Å². The number of nitrogens with zero attached hydrogens (tertiary/aromatic N) is 1. The maximum absolute atomic E-state index is 11.3. The van der Waals surface area contributed by atoms with Crippen molar-refractivity contribution in [2.24, 2.45) is 0 Å². The fourth-order valence-corrected chi connectivity index (χ4v) is 1.90. The molecule has 0 amide bonds. The summed E-state index contributed by atoms with van der Waals surface area (Å²) < 4.78 is 4.71. The molecule has 0 saturated carbocycles.